The van der Waals surface area contributed by atoms with Crippen LogP contribution in [-0.2, 0) is 9.59 Å². The molecule has 0 aromatic carbocycles. The van der Waals surface area contributed by atoms with Gasteiger partial charge in [0.15, 0.2) is 0 Å². The molecule has 0 bridgehead atoms. The van der Waals surface area contributed by atoms with Gasteiger partial charge < -0.3 is 0 Å². The van der Waals surface area contributed by atoms with Crippen molar-refractivity contribution in [1.29, 1.82) is 0 Å². The standard InChI is InChI=1S/C13H8F13NO2/c1-2-3-4-5(7(29)27-6(4)28)8(14,15)9(16,17)10(18,19)11(20,21)12(22,23)13(24,25)26/h2-3H2,1H3,(H,27,28,29). The predicted octanol–water partition coefficient (Wildman–Crippen LogP) is 4.48. The molecule has 168 valence electrons. The number of alkyl halides is 13. The van der Waals surface area contributed by atoms with E-state index in [2.05, 4.69) is 0 Å². The van der Waals surface area contributed by atoms with Gasteiger partial charge in [0, 0.05) is 5.57 Å². The number of rotatable bonds is 7. The van der Waals surface area contributed by atoms with Crippen molar-refractivity contribution in [1.82, 2.24) is 5.32 Å². The van der Waals surface area contributed by atoms with Gasteiger partial charge in [0.05, 0.1) is 0 Å². The van der Waals surface area contributed by atoms with E-state index in [0.717, 1.165) is 12.2 Å². The van der Waals surface area contributed by atoms with Crippen LogP contribution in [-0.4, -0.2) is 47.6 Å². The number of carbonyl (C=O) groups is 2. The molecule has 0 saturated heterocycles. The summed E-state index contributed by atoms with van der Waals surface area (Å²) < 4.78 is 171. The molecule has 1 aliphatic heterocycles. The lowest BCUT2D eigenvalue weighted by atomic mass is 9.88. The van der Waals surface area contributed by atoms with E-state index in [1.807, 2.05) is 0 Å². The van der Waals surface area contributed by atoms with Crippen molar-refractivity contribution in [3.8, 4) is 0 Å². The van der Waals surface area contributed by atoms with E-state index < -0.39 is 65.2 Å². The third kappa shape index (κ3) is 3.23. The van der Waals surface area contributed by atoms with Gasteiger partial charge in [-0.3, -0.25) is 14.9 Å². The molecule has 0 aromatic heterocycles. The summed E-state index contributed by atoms with van der Waals surface area (Å²) in [7, 11) is 0. The second kappa shape index (κ2) is 6.75. The molecule has 3 nitrogen and oxygen atoms in total. The van der Waals surface area contributed by atoms with Crippen molar-refractivity contribution >= 4 is 11.8 Å². The fourth-order valence-electron chi connectivity index (χ4n) is 2.24. The molecule has 0 radical (unpaired) electrons. The van der Waals surface area contributed by atoms with Crippen LogP contribution in [0.3, 0.4) is 0 Å². The lowest BCUT2D eigenvalue weighted by Gasteiger charge is -2.39. The Morgan fingerprint density at radius 3 is 1.45 bits per heavy atom. The van der Waals surface area contributed by atoms with Crippen molar-refractivity contribution in [3.63, 3.8) is 0 Å². The first kappa shape index (κ1) is 25.0. The van der Waals surface area contributed by atoms with E-state index in [1.54, 1.807) is 0 Å². The molecule has 0 fully saturated rings. The Hall–Kier alpha value is -2.03. The van der Waals surface area contributed by atoms with Gasteiger partial charge in [-0.25, -0.2) is 0 Å². The van der Waals surface area contributed by atoms with Crippen molar-refractivity contribution in [3.05, 3.63) is 11.1 Å². The summed E-state index contributed by atoms with van der Waals surface area (Å²) in [5, 5.41) is 0.999. The van der Waals surface area contributed by atoms with Crippen molar-refractivity contribution < 1.29 is 66.7 Å². The zero-order valence-corrected chi connectivity index (χ0v) is 13.6. The molecule has 0 spiro atoms. The predicted molar refractivity (Wildman–Crippen MR) is 65.9 cm³/mol. The maximum atomic E-state index is 14.1. The lowest BCUT2D eigenvalue weighted by molar-refractivity contribution is -0.436. The van der Waals surface area contributed by atoms with Crippen molar-refractivity contribution in [2.24, 2.45) is 0 Å². The maximum absolute atomic E-state index is 14.1. The highest BCUT2D eigenvalue weighted by Crippen LogP contribution is 2.61. The summed E-state index contributed by atoms with van der Waals surface area (Å²) in [5.41, 5.74) is -4.27. The molecule has 0 unspecified atom stereocenters. The second-order valence-electron chi connectivity index (χ2n) is 5.76. The summed E-state index contributed by atoms with van der Waals surface area (Å²) >= 11 is 0. The second-order valence-corrected chi connectivity index (χ2v) is 5.76. The third-order valence-corrected chi connectivity index (χ3v) is 3.78. The van der Waals surface area contributed by atoms with Crippen LogP contribution >= 0.6 is 0 Å². The SMILES string of the molecule is CCCC1=C(C(F)(F)C(F)(F)C(F)(F)C(F)(F)C(F)(F)C(F)(F)F)C(=O)NC1=O. The monoisotopic (exact) mass is 457 g/mol. The van der Waals surface area contributed by atoms with Crippen molar-refractivity contribution in [2.75, 3.05) is 0 Å². The summed E-state index contributed by atoms with van der Waals surface area (Å²) in [6.07, 6.45) is -8.79. The molecule has 0 aromatic rings. The highest BCUT2D eigenvalue weighted by atomic mass is 19.4. The first-order chi connectivity index (χ1) is 12.6. The van der Waals surface area contributed by atoms with Gasteiger partial charge in [0.1, 0.15) is 5.57 Å². The highest BCUT2D eigenvalue weighted by molar-refractivity contribution is 6.20. The number of hydrogen-bond donors (Lipinski definition) is 1. The zero-order chi connectivity index (χ0) is 23.4. The van der Waals surface area contributed by atoms with Crippen LogP contribution in [0.5, 0.6) is 0 Å². The largest absolute Gasteiger partial charge is 0.460 e. The number of amides is 2. The maximum Gasteiger partial charge on any atom is 0.460 e. The van der Waals surface area contributed by atoms with Crippen LogP contribution in [0.4, 0.5) is 57.1 Å². The van der Waals surface area contributed by atoms with E-state index >= 15 is 0 Å². The van der Waals surface area contributed by atoms with Gasteiger partial charge in [-0.15, -0.1) is 0 Å². The molecule has 1 N–H and O–H groups in total. The number of hydrogen-bond acceptors (Lipinski definition) is 2. The first-order valence-electron chi connectivity index (χ1n) is 7.18. The van der Waals surface area contributed by atoms with Crippen LogP contribution in [0.25, 0.3) is 0 Å². The van der Waals surface area contributed by atoms with Gasteiger partial charge in [-0.1, -0.05) is 13.3 Å². The molecule has 1 aliphatic rings. The lowest BCUT2D eigenvalue weighted by Crippen LogP contribution is -2.70. The summed E-state index contributed by atoms with van der Waals surface area (Å²) in [6.45, 7) is 1.13. The third-order valence-electron chi connectivity index (χ3n) is 3.78. The minimum Gasteiger partial charge on any atom is -0.289 e. The molecule has 2 amide bonds. The molecule has 29 heavy (non-hydrogen) atoms. The minimum atomic E-state index is -8.07. The first-order valence-corrected chi connectivity index (χ1v) is 7.18. The van der Waals surface area contributed by atoms with E-state index in [-0.39, 0.29) is 6.42 Å². The van der Waals surface area contributed by atoms with Crippen molar-refractivity contribution in [2.45, 2.75) is 55.6 Å². The van der Waals surface area contributed by atoms with Gasteiger partial charge in [0.2, 0.25) is 0 Å². The molecule has 0 aliphatic carbocycles. The molecule has 0 saturated carbocycles. The van der Waals surface area contributed by atoms with E-state index in [1.165, 1.54) is 0 Å². The van der Waals surface area contributed by atoms with Crippen LogP contribution in [0.15, 0.2) is 11.1 Å². The fourth-order valence-corrected chi connectivity index (χ4v) is 2.24. The molecular weight excluding hydrogens is 449 g/mol. The smallest absolute Gasteiger partial charge is 0.289 e. The number of nitrogens with one attached hydrogen (secondary N) is 1. The Labute approximate surface area is 151 Å². The van der Waals surface area contributed by atoms with E-state index in [9.17, 15) is 66.7 Å². The average Bonchev–Trinajstić information content (AvgIpc) is 2.80. The number of carbonyl (C=O) groups excluding carboxylic acids is 2. The molecular formula is C13H8F13NO2. The molecule has 0 atom stereocenters. The molecule has 1 heterocycles. The Bertz CT molecular complexity index is 735. The number of halogens is 13. The fraction of sp³-hybridized carbons (Fsp3) is 0.692. The zero-order valence-electron chi connectivity index (χ0n) is 13.6. The summed E-state index contributed by atoms with van der Waals surface area (Å²) in [4.78, 5) is 22.7. The highest BCUT2D eigenvalue weighted by Gasteiger charge is 2.91. The quantitative estimate of drug-likeness (QED) is 0.453. The Morgan fingerprint density at radius 2 is 1.07 bits per heavy atom. The van der Waals surface area contributed by atoms with E-state index in [0.29, 0.717) is 0 Å². The summed E-state index contributed by atoms with van der Waals surface area (Å²) in [6, 6.07) is 0. The van der Waals surface area contributed by atoms with Gasteiger partial charge in [-0.2, -0.15) is 57.1 Å². The van der Waals surface area contributed by atoms with Gasteiger partial charge >= 0.3 is 35.8 Å². The topological polar surface area (TPSA) is 46.2 Å². The van der Waals surface area contributed by atoms with Gasteiger partial charge in [-0.05, 0) is 6.42 Å². The van der Waals surface area contributed by atoms with E-state index in [4.69, 9.17) is 0 Å². The van der Waals surface area contributed by atoms with Crippen LogP contribution in [0.1, 0.15) is 19.8 Å². The number of imide groups is 1. The Morgan fingerprint density at radius 1 is 0.655 bits per heavy atom. The average molecular weight is 457 g/mol. The molecule has 1 rings (SSSR count). The Balaban J connectivity index is 3.71. The minimum absolute atomic E-state index is 0.333. The van der Waals surface area contributed by atoms with Crippen LogP contribution in [0.2, 0.25) is 0 Å². The Kier molecular flexibility index (Phi) is 5.82. The van der Waals surface area contributed by atoms with Crippen LogP contribution < -0.4 is 5.32 Å². The van der Waals surface area contributed by atoms with Crippen LogP contribution in [0, 0.1) is 0 Å². The molecule has 16 heteroatoms. The summed E-state index contributed by atoms with van der Waals surface area (Å²) in [5.74, 6) is -42.6. The normalized spacial score (nSPS) is 17.9. The van der Waals surface area contributed by atoms with Gasteiger partial charge in [0.25, 0.3) is 11.8 Å².